The quantitative estimate of drug-likeness (QED) is 0.538. The van der Waals surface area contributed by atoms with Crippen LogP contribution in [0.2, 0.25) is 0 Å². The minimum atomic E-state index is 0.709. The molecule has 28 heavy (non-hydrogen) atoms. The third-order valence-electron chi connectivity index (χ3n) is 8.59. The maximum atomic E-state index is 2.52. The second kappa shape index (κ2) is 6.76. The van der Waals surface area contributed by atoms with E-state index < -0.39 is 0 Å². The standard InChI is InChI=1S/C28H30/c1-5-13-23-19(9-1)20-10-2-6-14-24(20)27(23)17-18-28-25-15-7-3-11-21(25)22-12-4-8-16-26(22)28/h1-16,19-28H,17-18H2. The summed E-state index contributed by atoms with van der Waals surface area (Å²) in [6, 6.07) is 0. The molecular formula is C28H30. The van der Waals surface area contributed by atoms with Crippen molar-refractivity contribution in [1.29, 1.82) is 0 Å². The molecule has 6 aliphatic carbocycles. The molecule has 0 amide bonds. The van der Waals surface area contributed by atoms with E-state index in [1.807, 2.05) is 0 Å². The van der Waals surface area contributed by atoms with Gasteiger partial charge in [-0.05, 0) is 72.0 Å². The van der Waals surface area contributed by atoms with Gasteiger partial charge in [-0.1, -0.05) is 97.2 Å². The zero-order valence-electron chi connectivity index (χ0n) is 16.4. The molecule has 0 heterocycles. The Kier molecular flexibility index (Phi) is 4.07. The topological polar surface area (TPSA) is 0 Å². The predicted octanol–water partition coefficient (Wildman–Crippen LogP) is 6.46. The molecule has 0 saturated heterocycles. The normalized spacial score (nSPS) is 48.6. The van der Waals surface area contributed by atoms with Crippen LogP contribution in [0.4, 0.5) is 0 Å². The molecule has 142 valence electrons. The molecule has 0 N–H and O–H groups in total. The number of hydrogen-bond acceptors (Lipinski definition) is 0. The van der Waals surface area contributed by atoms with Crippen LogP contribution in [-0.2, 0) is 0 Å². The van der Waals surface area contributed by atoms with Gasteiger partial charge in [0.1, 0.15) is 0 Å². The maximum absolute atomic E-state index is 2.52. The molecule has 6 aliphatic rings. The highest BCUT2D eigenvalue weighted by atomic mass is 14.5. The Balaban J connectivity index is 1.25. The predicted molar refractivity (Wildman–Crippen MR) is 117 cm³/mol. The van der Waals surface area contributed by atoms with Crippen molar-refractivity contribution in [2.75, 3.05) is 0 Å². The third kappa shape index (κ3) is 2.50. The molecule has 0 aliphatic heterocycles. The fourth-order valence-corrected chi connectivity index (χ4v) is 7.49. The molecule has 2 saturated carbocycles. The lowest BCUT2D eigenvalue weighted by Crippen LogP contribution is -2.21. The average molecular weight is 367 g/mol. The molecule has 6 rings (SSSR count). The lowest BCUT2D eigenvalue weighted by Gasteiger charge is -2.29. The van der Waals surface area contributed by atoms with E-state index in [9.17, 15) is 0 Å². The van der Waals surface area contributed by atoms with Crippen molar-refractivity contribution >= 4 is 0 Å². The molecule has 8 atom stereocenters. The number of fused-ring (bicyclic) bond motifs is 6. The van der Waals surface area contributed by atoms with Crippen LogP contribution in [-0.4, -0.2) is 0 Å². The number of rotatable bonds is 3. The van der Waals surface area contributed by atoms with Gasteiger partial charge in [0.2, 0.25) is 0 Å². The van der Waals surface area contributed by atoms with Crippen molar-refractivity contribution in [3.8, 4) is 0 Å². The Bertz CT molecular complexity index is 716. The van der Waals surface area contributed by atoms with Crippen molar-refractivity contribution in [2.45, 2.75) is 12.8 Å². The fourth-order valence-electron chi connectivity index (χ4n) is 7.49. The SMILES string of the molecule is C1=CC2C3C=CC=CC3C(CCC3C4C=CC=CC4C4C=CC=CC43)C2C=C1. The molecule has 0 aromatic carbocycles. The molecular weight excluding hydrogens is 336 g/mol. The summed E-state index contributed by atoms with van der Waals surface area (Å²) in [5.74, 6) is 7.32. The van der Waals surface area contributed by atoms with Crippen LogP contribution in [0, 0.1) is 59.2 Å². The Hall–Kier alpha value is -2.08. The van der Waals surface area contributed by atoms with Crippen LogP contribution in [0.25, 0.3) is 0 Å². The summed E-state index contributed by atoms with van der Waals surface area (Å²) >= 11 is 0. The summed E-state index contributed by atoms with van der Waals surface area (Å²) in [5.41, 5.74) is 0. The van der Waals surface area contributed by atoms with Crippen molar-refractivity contribution < 1.29 is 0 Å². The molecule has 0 bridgehead atoms. The zero-order valence-corrected chi connectivity index (χ0v) is 16.4. The van der Waals surface area contributed by atoms with Crippen molar-refractivity contribution in [1.82, 2.24) is 0 Å². The summed E-state index contributed by atoms with van der Waals surface area (Å²) in [6.07, 6.45) is 41.0. The monoisotopic (exact) mass is 366 g/mol. The Labute approximate surface area is 169 Å². The molecule has 0 aromatic rings. The molecule has 0 nitrogen and oxygen atoms in total. The van der Waals surface area contributed by atoms with E-state index in [4.69, 9.17) is 0 Å². The van der Waals surface area contributed by atoms with E-state index in [2.05, 4.69) is 97.2 Å². The van der Waals surface area contributed by atoms with Crippen molar-refractivity contribution in [3.05, 3.63) is 97.2 Å². The molecule has 2 fully saturated rings. The first kappa shape index (κ1) is 16.8. The highest BCUT2D eigenvalue weighted by Crippen LogP contribution is 2.56. The Morgan fingerprint density at radius 2 is 0.500 bits per heavy atom. The van der Waals surface area contributed by atoms with Gasteiger partial charge in [0, 0.05) is 0 Å². The van der Waals surface area contributed by atoms with Crippen LogP contribution in [0.5, 0.6) is 0 Å². The Morgan fingerprint density at radius 1 is 0.286 bits per heavy atom. The first-order chi connectivity index (χ1) is 13.9. The molecule has 0 aromatic heterocycles. The van der Waals surface area contributed by atoms with E-state index in [1.54, 1.807) is 0 Å². The summed E-state index contributed by atoms with van der Waals surface area (Å²) in [6.45, 7) is 0. The second-order valence-corrected chi connectivity index (χ2v) is 9.60. The van der Waals surface area contributed by atoms with Crippen LogP contribution in [0.3, 0.4) is 0 Å². The highest BCUT2D eigenvalue weighted by Gasteiger charge is 2.50. The lowest BCUT2D eigenvalue weighted by atomic mass is 9.75. The zero-order chi connectivity index (χ0) is 18.5. The first-order valence-electron chi connectivity index (χ1n) is 11.3. The Morgan fingerprint density at radius 3 is 0.750 bits per heavy atom. The van der Waals surface area contributed by atoms with E-state index >= 15 is 0 Å². The summed E-state index contributed by atoms with van der Waals surface area (Å²) in [5, 5.41) is 0. The van der Waals surface area contributed by atoms with Crippen molar-refractivity contribution in [3.63, 3.8) is 0 Å². The third-order valence-corrected chi connectivity index (χ3v) is 8.59. The van der Waals surface area contributed by atoms with E-state index in [0.717, 1.165) is 35.5 Å². The van der Waals surface area contributed by atoms with Crippen LogP contribution in [0.15, 0.2) is 97.2 Å². The van der Waals surface area contributed by atoms with Gasteiger partial charge in [0.15, 0.2) is 0 Å². The largest absolute Gasteiger partial charge is 0.0805 e. The molecule has 8 unspecified atom stereocenters. The molecule has 0 spiro atoms. The van der Waals surface area contributed by atoms with Crippen LogP contribution < -0.4 is 0 Å². The van der Waals surface area contributed by atoms with Crippen molar-refractivity contribution in [2.24, 2.45) is 59.2 Å². The first-order valence-corrected chi connectivity index (χ1v) is 11.3. The van der Waals surface area contributed by atoms with Gasteiger partial charge in [0.05, 0.1) is 0 Å². The lowest BCUT2D eigenvalue weighted by molar-refractivity contribution is 0.272. The van der Waals surface area contributed by atoms with E-state index in [-0.39, 0.29) is 0 Å². The minimum absolute atomic E-state index is 0.709. The van der Waals surface area contributed by atoms with Gasteiger partial charge in [-0.15, -0.1) is 0 Å². The highest BCUT2D eigenvalue weighted by molar-refractivity contribution is 5.30. The summed E-state index contributed by atoms with van der Waals surface area (Å²) in [4.78, 5) is 0. The number of hydrogen-bond donors (Lipinski definition) is 0. The molecule has 0 heteroatoms. The fraction of sp³-hybridized carbons (Fsp3) is 0.429. The van der Waals surface area contributed by atoms with Crippen LogP contribution in [0.1, 0.15) is 12.8 Å². The minimum Gasteiger partial charge on any atom is -0.0805 e. The van der Waals surface area contributed by atoms with Gasteiger partial charge in [-0.25, -0.2) is 0 Å². The summed E-state index contributed by atoms with van der Waals surface area (Å²) in [7, 11) is 0. The van der Waals surface area contributed by atoms with Gasteiger partial charge >= 0.3 is 0 Å². The average Bonchev–Trinajstić information content (AvgIpc) is 3.26. The van der Waals surface area contributed by atoms with Crippen LogP contribution >= 0.6 is 0 Å². The maximum Gasteiger partial charge on any atom is -0.00956 e. The smallest absolute Gasteiger partial charge is 0.00956 e. The second-order valence-electron chi connectivity index (χ2n) is 9.60. The van der Waals surface area contributed by atoms with E-state index in [0.29, 0.717) is 23.7 Å². The summed E-state index contributed by atoms with van der Waals surface area (Å²) < 4.78 is 0. The van der Waals surface area contributed by atoms with Gasteiger partial charge in [-0.2, -0.15) is 0 Å². The molecule has 0 radical (unpaired) electrons. The number of allylic oxidation sites excluding steroid dienone is 16. The van der Waals surface area contributed by atoms with Gasteiger partial charge in [-0.3, -0.25) is 0 Å². The van der Waals surface area contributed by atoms with E-state index in [1.165, 1.54) is 12.8 Å². The van der Waals surface area contributed by atoms with Gasteiger partial charge < -0.3 is 0 Å². The van der Waals surface area contributed by atoms with Gasteiger partial charge in [0.25, 0.3) is 0 Å².